The number of carbonyl (C=O) groups excluding carboxylic acids is 1. The van der Waals surface area contributed by atoms with Crippen molar-refractivity contribution in [1.82, 2.24) is 5.32 Å². The van der Waals surface area contributed by atoms with Crippen LogP contribution in [0.3, 0.4) is 0 Å². The lowest BCUT2D eigenvalue weighted by Gasteiger charge is -2.28. The molecule has 9 heteroatoms. The molecule has 0 radical (unpaired) electrons. The van der Waals surface area contributed by atoms with E-state index in [9.17, 15) is 35.4 Å². The van der Waals surface area contributed by atoms with Crippen molar-refractivity contribution in [2.24, 2.45) is 0 Å². The van der Waals surface area contributed by atoms with Crippen molar-refractivity contribution in [1.29, 1.82) is 0 Å². The summed E-state index contributed by atoms with van der Waals surface area (Å²) in [6.45, 7) is 2.97. The Morgan fingerprint density at radius 1 is 0.833 bits per heavy atom. The number of aliphatic hydroxyl groups excluding tert-OH is 6. The zero-order valence-corrected chi connectivity index (χ0v) is 22.4. The summed E-state index contributed by atoms with van der Waals surface area (Å²) in [7, 11) is 1.52. The molecule has 0 bridgehead atoms. The van der Waals surface area contributed by atoms with Crippen molar-refractivity contribution >= 4 is 5.78 Å². The molecular formula is C27H53NO8. The number of ether oxygens (including phenoxy) is 1. The van der Waals surface area contributed by atoms with Crippen LogP contribution < -0.4 is 5.32 Å². The molecule has 0 amide bonds. The van der Waals surface area contributed by atoms with Gasteiger partial charge in [-0.25, -0.2) is 0 Å². The molecule has 0 fully saturated rings. The molecule has 0 aromatic carbocycles. The van der Waals surface area contributed by atoms with Crippen LogP contribution in [-0.2, 0) is 9.53 Å². The predicted octanol–water partition coefficient (Wildman–Crippen LogP) is 1.60. The van der Waals surface area contributed by atoms with Gasteiger partial charge in [0.05, 0.1) is 18.8 Å². The molecule has 0 aromatic heterocycles. The maximum Gasteiger partial charge on any atom is 0.164 e. The van der Waals surface area contributed by atoms with Crippen molar-refractivity contribution in [3.05, 3.63) is 12.2 Å². The summed E-state index contributed by atoms with van der Waals surface area (Å²) in [6, 6.07) is 0. The Bertz CT molecular complexity index is 548. The third-order valence-electron chi connectivity index (χ3n) is 6.34. The van der Waals surface area contributed by atoms with Crippen LogP contribution >= 0.6 is 0 Å². The van der Waals surface area contributed by atoms with E-state index in [1.54, 1.807) is 0 Å². The number of methoxy groups -OCH3 is 1. The van der Waals surface area contributed by atoms with E-state index in [1.165, 1.54) is 26.4 Å². The molecule has 0 rings (SSSR count). The molecule has 214 valence electrons. The summed E-state index contributed by atoms with van der Waals surface area (Å²) in [4.78, 5) is 12.2. The summed E-state index contributed by atoms with van der Waals surface area (Å²) < 4.78 is 4.85. The fraction of sp³-hybridized carbons (Fsp3) is 0.889. The molecule has 0 heterocycles. The molecule has 0 spiro atoms. The number of hydrogen-bond acceptors (Lipinski definition) is 9. The van der Waals surface area contributed by atoms with Crippen molar-refractivity contribution in [3.8, 4) is 0 Å². The van der Waals surface area contributed by atoms with Crippen molar-refractivity contribution in [2.45, 2.75) is 127 Å². The molecule has 6 atom stereocenters. The Labute approximate surface area is 217 Å². The average molecular weight is 520 g/mol. The highest BCUT2D eigenvalue weighted by Crippen LogP contribution is 2.14. The zero-order valence-electron chi connectivity index (χ0n) is 22.4. The van der Waals surface area contributed by atoms with Crippen molar-refractivity contribution in [2.75, 3.05) is 26.8 Å². The van der Waals surface area contributed by atoms with E-state index in [2.05, 4.69) is 24.4 Å². The van der Waals surface area contributed by atoms with Gasteiger partial charge in [0.25, 0.3) is 0 Å². The molecule has 9 nitrogen and oxygen atoms in total. The standard InChI is InChI=1S/C27H53NO8/c1-3-4-5-12-15-21(29)16-13-10-8-6-7-9-11-14-17-22(30)24(32)26(34)27(35)25(33)23(31)20-28-18-19-36-2/h10,13,21,23-29,31-35H,3-9,11-12,14-20H2,1-2H3/b13-10-. The van der Waals surface area contributed by atoms with Gasteiger partial charge in [0, 0.05) is 26.6 Å². The minimum atomic E-state index is -1.89. The number of rotatable bonds is 25. The van der Waals surface area contributed by atoms with Crippen LogP contribution in [0.1, 0.15) is 90.4 Å². The van der Waals surface area contributed by atoms with Gasteiger partial charge in [-0.1, -0.05) is 64.0 Å². The molecule has 7 N–H and O–H groups in total. The van der Waals surface area contributed by atoms with Crippen LogP contribution in [0.15, 0.2) is 12.2 Å². The first-order valence-electron chi connectivity index (χ1n) is 13.7. The summed E-state index contributed by atoms with van der Waals surface area (Å²) in [5, 5.41) is 62.9. The van der Waals surface area contributed by atoms with Crippen LogP contribution in [0.25, 0.3) is 0 Å². The normalized spacial score (nSPS) is 17.1. The van der Waals surface area contributed by atoms with Crippen LogP contribution in [0.2, 0.25) is 0 Å². The Morgan fingerprint density at radius 3 is 2.19 bits per heavy atom. The van der Waals surface area contributed by atoms with Gasteiger partial charge in [-0.2, -0.15) is 0 Å². The number of Topliss-reactive ketones (excluding diaryl/α,β-unsaturated/α-hetero) is 1. The second-order valence-electron chi connectivity index (χ2n) is 9.66. The van der Waals surface area contributed by atoms with Gasteiger partial charge >= 0.3 is 0 Å². The van der Waals surface area contributed by atoms with E-state index in [0.29, 0.717) is 26.0 Å². The third kappa shape index (κ3) is 17.5. The summed E-state index contributed by atoms with van der Waals surface area (Å²) in [6.07, 6.45) is 6.91. The fourth-order valence-corrected chi connectivity index (χ4v) is 3.89. The molecule has 0 aliphatic rings. The van der Waals surface area contributed by atoms with Gasteiger partial charge in [-0.05, 0) is 32.1 Å². The highest BCUT2D eigenvalue weighted by molar-refractivity contribution is 5.83. The number of aliphatic hydroxyl groups is 6. The average Bonchev–Trinajstić information content (AvgIpc) is 2.88. The first-order chi connectivity index (χ1) is 17.3. The molecule has 0 saturated carbocycles. The lowest BCUT2D eigenvalue weighted by Crippen LogP contribution is -2.53. The largest absolute Gasteiger partial charge is 0.393 e. The van der Waals surface area contributed by atoms with Gasteiger partial charge in [0.15, 0.2) is 5.78 Å². The maximum absolute atomic E-state index is 12.2. The zero-order chi connectivity index (χ0) is 27.2. The highest BCUT2D eigenvalue weighted by Gasteiger charge is 2.36. The van der Waals surface area contributed by atoms with E-state index in [-0.39, 0.29) is 19.1 Å². The number of allylic oxidation sites excluding steroid dienone is 1. The van der Waals surface area contributed by atoms with Gasteiger partial charge < -0.3 is 40.7 Å². The topological polar surface area (TPSA) is 160 Å². The molecule has 6 unspecified atom stereocenters. The SMILES string of the molecule is CCCCCCC(O)C/C=C\CCCCCCCC(=O)C(O)C(O)C(O)C(O)C(O)CNCCOC. The van der Waals surface area contributed by atoms with E-state index in [4.69, 9.17) is 4.74 Å². The summed E-state index contributed by atoms with van der Waals surface area (Å²) in [5.41, 5.74) is 0. The lowest BCUT2D eigenvalue weighted by atomic mass is 9.95. The van der Waals surface area contributed by atoms with Gasteiger partial charge in [-0.3, -0.25) is 4.79 Å². The Morgan fingerprint density at radius 2 is 1.50 bits per heavy atom. The molecule has 0 saturated heterocycles. The number of unbranched alkanes of at least 4 members (excludes halogenated alkanes) is 8. The first-order valence-corrected chi connectivity index (χ1v) is 13.7. The van der Waals surface area contributed by atoms with Crippen molar-refractivity contribution < 1.29 is 40.2 Å². The first kappa shape index (κ1) is 35.1. The smallest absolute Gasteiger partial charge is 0.164 e. The molecule has 36 heavy (non-hydrogen) atoms. The summed E-state index contributed by atoms with van der Waals surface area (Å²) in [5.74, 6) is -0.599. The van der Waals surface area contributed by atoms with E-state index in [0.717, 1.165) is 44.9 Å². The van der Waals surface area contributed by atoms with E-state index >= 15 is 0 Å². The number of carbonyl (C=O) groups is 1. The molecule has 0 aliphatic carbocycles. The molecule has 0 aromatic rings. The Balaban J connectivity index is 3.93. The molecule has 0 aliphatic heterocycles. The number of ketones is 1. The Hall–Kier alpha value is -0.910. The minimum Gasteiger partial charge on any atom is -0.393 e. The van der Waals surface area contributed by atoms with Crippen molar-refractivity contribution in [3.63, 3.8) is 0 Å². The quantitative estimate of drug-likeness (QED) is 0.0702. The van der Waals surface area contributed by atoms with E-state index < -0.39 is 36.3 Å². The number of hydrogen-bond donors (Lipinski definition) is 7. The maximum atomic E-state index is 12.2. The van der Waals surface area contributed by atoms with Crippen LogP contribution in [0, 0.1) is 0 Å². The Kier molecular flexibility index (Phi) is 22.6. The van der Waals surface area contributed by atoms with Gasteiger partial charge in [0.2, 0.25) is 0 Å². The second kappa shape index (κ2) is 23.2. The van der Waals surface area contributed by atoms with Gasteiger partial charge in [0.1, 0.15) is 24.4 Å². The number of nitrogens with one attached hydrogen (secondary N) is 1. The highest BCUT2D eigenvalue weighted by atomic mass is 16.5. The second-order valence-corrected chi connectivity index (χ2v) is 9.66. The molecular weight excluding hydrogens is 466 g/mol. The van der Waals surface area contributed by atoms with Crippen LogP contribution in [0.4, 0.5) is 0 Å². The van der Waals surface area contributed by atoms with Crippen LogP contribution in [0.5, 0.6) is 0 Å². The van der Waals surface area contributed by atoms with Crippen LogP contribution in [-0.4, -0.2) is 99.9 Å². The third-order valence-corrected chi connectivity index (χ3v) is 6.34. The minimum absolute atomic E-state index is 0.0464. The van der Waals surface area contributed by atoms with E-state index in [1.807, 2.05) is 0 Å². The van der Waals surface area contributed by atoms with Gasteiger partial charge in [-0.15, -0.1) is 0 Å². The monoisotopic (exact) mass is 519 g/mol. The fourth-order valence-electron chi connectivity index (χ4n) is 3.89. The lowest BCUT2D eigenvalue weighted by molar-refractivity contribution is -0.152. The summed E-state index contributed by atoms with van der Waals surface area (Å²) >= 11 is 0. The predicted molar refractivity (Wildman–Crippen MR) is 141 cm³/mol.